The maximum Gasteiger partial charge on any atom is 0.148 e. The van der Waals surface area contributed by atoms with Crippen molar-refractivity contribution in [2.75, 3.05) is 0 Å². The number of nitrogens with two attached hydrogens (primary N) is 1. The molecule has 3 aromatic rings. The van der Waals surface area contributed by atoms with Gasteiger partial charge in [-0.05, 0) is 19.9 Å². The lowest BCUT2D eigenvalue weighted by molar-refractivity contribution is 0.490. The predicted molar refractivity (Wildman–Crippen MR) is 77.1 cm³/mol. The molecule has 104 valence electrons. The molecule has 20 heavy (non-hydrogen) atoms. The summed E-state index contributed by atoms with van der Waals surface area (Å²) in [5.41, 5.74) is 7.76. The van der Waals surface area contributed by atoms with Crippen molar-refractivity contribution < 1.29 is 0 Å². The van der Waals surface area contributed by atoms with E-state index >= 15 is 0 Å². The maximum atomic E-state index is 5.77. The Balaban J connectivity index is 2.05. The lowest BCUT2D eigenvalue weighted by Crippen LogP contribution is -2.13. The van der Waals surface area contributed by atoms with Crippen LogP contribution >= 0.6 is 0 Å². The van der Waals surface area contributed by atoms with E-state index in [-0.39, 0.29) is 6.04 Å². The molecule has 2 aromatic heterocycles. The number of hydrogen-bond donors (Lipinski definition) is 1. The van der Waals surface area contributed by atoms with Gasteiger partial charge in [0.25, 0.3) is 0 Å². The first-order valence-corrected chi connectivity index (χ1v) is 6.73. The van der Waals surface area contributed by atoms with E-state index in [0.29, 0.717) is 13.1 Å². The number of aromatic nitrogens is 5. The monoisotopic (exact) mass is 270 g/mol. The highest BCUT2D eigenvalue weighted by molar-refractivity contribution is 5.81. The number of nitrogens with zero attached hydrogens (tertiary/aromatic N) is 5. The summed E-state index contributed by atoms with van der Waals surface area (Å²) in [6.07, 6.45) is 1.59. The predicted octanol–water partition coefficient (Wildman–Crippen LogP) is 1.72. The van der Waals surface area contributed by atoms with Gasteiger partial charge in [0.15, 0.2) is 0 Å². The summed E-state index contributed by atoms with van der Waals surface area (Å²) in [6, 6.07) is 8.40. The lowest BCUT2D eigenvalue weighted by atomic mass is 10.2. The van der Waals surface area contributed by atoms with Crippen LogP contribution in [0.25, 0.3) is 10.9 Å². The second-order valence-corrected chi connectivity index (χ2v) is 5.04. The van der Waals surface area contributed by atoms with E-state index in [0.717, 1.165) is 22.4 Å². The number of rotatable bonds is 4. The van der Waals surface area contributed by atoms with Crippen molar-refractivity contribution in [2.45, 2.75) is 33.0 Å². The van der Waals surface area contributed by atoms with Gasteiger partial charge < -0.3 is 5.73 Å². The second-order valence-electron chi connectivity index (χ2n) is 5.04. The smallest absolute Gasteiger partial charge is 0.148 e. The van der Waals surface area contributed by atoms with Crippen molar-refractivity contribution in [3.8, 4) is 0 Å². The summed E-state index contributed by atoms with van der Waals surface area (Å²) in [7, 11) is 0. The Morgan fingerprint density at radius 2 is 2.05 bits per heavy atom. The first kappa shape index (κ1) is 12.8. The van der Waals surface area contributed by atoms with Gasteiger partial charge in [-0.2, -0.15) is 10.2 Å². The molecule has 0 atom stereocenters. The van der Waals surface area contributed by atoms with Crippen LogP contribution in [0.5, 0.6) is 0 Å². The Labute approximate surface area is 117 Å². The van der Waals surface area contributed by atoms with Gasteiger partial charge in [0.1, 0.15) is 18.7 Å². The van der Waals surface area contributed by atoms with Crippen LogP contribution in [0.2, 0.25) is 0 Å². The normalized spacial score (nSPS) is 11.6. The SMILES string of the molecule is CC(C)n1ncnc1Cn1nc(CN)c2ccccc21. The third-order valence-electron chi connectivity index (χ3n) is 3.36. The van der Waals surface area contributed by atoms with E-state index in [4.69, 9.17) is 5.73 Å². The van der Waals surface area contributed by atoms with E-state index in [9.17, 15) is 0 Å². The molecule has 2 N–H and O–H groups in total. The maximum absolute atomic E-state index is 5.77. The van der Waals surface area contributed by atoms with E-state index < -0.39 is 0 Å². The van der Waals surface area contributed by atoms with Gasteiger partial charge in [-0.1, -0.05) is 18.2 Å². The molecular weight excluding hydrogens is 252 g/mol. The molecule has 3 rings (SSSR count). The van der Waals surface area contributed by atoms with Crippen LogP contribution in [-0.2, 0) is 13.1 Å². The van der Waals surface area contributed by atoms with Crippen molar-refractivity contribution >= 4 is 10.9 Å². The molecule has 0 unspecified atom stereocenters. The minimum atomic E-state index is 0.281. The Bertz CT molecular complexity index is 724. The molecule has 0 spiro atoms. The highest BCUT2D eigenvalue weighted by Gasteiger charge is 2.13. The third-order valence-corrected chi connectivity index (χ3v) is 3.36. The summed E-state index contributed by atoms with van der Waals surface area (Å²) in [4.78, 5) is 4.33. The van der Waals surface area contributed by atoms with Crippen LogP contribution in [0.3, 0.4) is 0 Å². The fourth-order valence-electron chi connectivity index (χ4n) is 2.42. The fraction of sp³-hybridized carbons (Fsp3) is 0.357. The molecular formula is C14H18N6. The van der Waals surface area contributed by atoms with Crippen LogP contribution in [0, 0.1) is 0 Å². The Morgan fingerprint density at radius 1 is 1.25 bits per heavy atom. The van der Waals surface area contributed by atoms with Gasteiger partial charge in [-0.3, -0.25) is 4.68 Å². The van der Waals surface area contributed by atoms with Crippen LogP contribution in [0.1, 0.15) is 31.4 Å². The summed E-state index contributed by atoms with van der Waals surface area (Å²) in [5.74, 6) is 0.900. The Morgan fingerprint density at radius 3 is 2.80 bits per heavy atom. The van der Waals surface area contributed by atoms with Crippen molar-refractivity contribution in [3.63, 3.8) is 0 Å². The fourth-order valence-corrected chi connectivity index (χ4v) is 2.42. The molecule has 0 aliphatic heterocycles. The van der Waals surface area contributed by atoms with Crippen LogP contribution < -0.4 is 5.73 Å². The Hall–Kier alpha value is -2.21. The highest BCUT2D eigenvalue weighted by Crippen LogP contribution is 2.19. The molecule has 0 aliphatic carbocycles. The number of benzene rings is 1. The Kier molecular flexibility index (Phi) is 3.23. The van der Waals surface area contributed by atoms with Gasteiger partial charge in [-0.25, -0.2) is 9.67 Å². The average molecular weight is 270 g/mol. The molecule has 0 radical (unpaired) electrons. The lowest BCUT2D eigenvalue weighted by Gasteiger charge is -2.09. The third kappa shape index (κ3) is 2.08. The average Bonchev–Trinajstić information content (AvgIpc) is 3.04. The van der Waals surface area contributed by atoms with Crippen molar-refractivity contribution in [1.82, 2.24) is 24.5 Å². The van der Waals surface area contributed by atoms with Gasteiger partial charge in [0.2, 0.25) is 0 Å². The first-order chi connectivity index (χ1) is 9.70. The van der Waals surface area contributed by atoms with Crippen LogP contribution in [0.4, 0.5) is 0 Å². The summed E-state index contributed by atoms with van der Waals surface area (Å²) in [6.45, 7) is 5.21. The van der Waals surface area contributed by atoms with Crippen LogP contribution in [0.15, 0.2) is 30.6 Å². The van der Waals surface area contributed by atoms with Crippen molar-refractivity contribution in [3.05, 3.63) is 42.1 Å². The summed E-state index contributed by atoms with van der Waals surface area (Å²) in [5, 5.41) is 9.95. The molecule has 0 aliphatic rings. The zero-order valence-corrected chi connectivity index (χ0v) is 11.7. The molecule has 0 fully saturated rings. The van der Waals surface area contributed by atoms with E-state index in [2.05, 4.69) is 35.1 Å². The van der Waals surface area contributed by atoms with Gasteiger partial charge in [-0.15, -0.1) is 0 Å². The molecule has 6 nitrogen and oxygen atoms in total. The van der Waals surface area contributed by atoms with Gasteiger partial charge in [0.05, 0.1) is 11.2 Å². The molecule has 6 heteroatoms. The van der Waals surface area contributed by atoms with Crippen LogP contribution in [-0.4, -0.2) is 24.5 Å². The minimum Gasteiger partial charge on any atom is -0.325 e. The molecule has 0 saturated carbocycles. The molecule has 0 bridgehead atoms. The quantitative estimate of drug-likeness (QED) is 0.783. The van der Waals surface area contributed by atoms with E-state index in [1.54, 1.807) is 6.33 Å². The molecule has 0 amide bonds. The molecule has 0 saturated heterocycles. The number of hydrogen-bond acceptors (Lipinski definition) is 4. The molecule has 2 heterocycles. The summed E-state index contributed by atoms with van der Waals surface area (Å²) >= 11 is 0. The van der Waals surface area contributed by atoms with E-state index in [1.165, 1.54) is 0 Å². The topological polar surface area (TPSA) is 74.5 Å². The van der Waals surface area contributed by atoms with Gasteiger partial charge >= 0.3 is 0 Å². The molecule has 1 aromatic carbocycles. The van der Waals surface area contributed by atoms with Crippen molar-refractivity contribution in [1.29, 1.82) is 0 Å². The second kappa shape index (κ2) is 5.05. The largest absolute Gasteiger partial charge is 0.325 e. The standard InChI is InChI=1S/C14H18N6/c1-10(2)20-14(16-9-17-20)8-19-13-6-4-3-5-11(13)12(7-15)18-19/h3-6,9-10H,7-8,15H2,1-2H3. The highest BCUT2D eigenvalue weighted by atomic mass is 15.4. The van der Waals surface area contributed by atoms with Crippen molar-refractivity contribution in [2.24, 2.45) is 5.73 Å². The number of fused-ring (bicyclic) bond motifs is 1. The summed E-state index contributed by atoms with van der Waals surface area (Å²) < 4.78 is 3.86. The first-order valence-electron chi connectivity index (χ1n) is 6.73. The zero-order chi connectivity index (χ0) is 14.1. The number of para-hydroxylation sites is 1. The zero-order valence-electron chi connectivity index (χ0n) is 11.7. The minimum absolute atomic E-state index is 0.281. The van der Waals surface area contributed by atoms with Gasteiger partial charge in [0, 0.05) is 18.0 Å². The van der Waals surface area contributed by atoms with E-state index in [1.807, 2.05) is 27.6 Å².